The number of nitrogens with one attached hydrogen (secondary N) is 2. The maximum Gasteiger partial charge on any atom is 0.275 e. The third-order valence-electron chi connectivity index (χ3n) is 6.05. The molecule has 3 rings (SSSR count). The number of hydrogen-bond acceptors (Lipinski definition) is 3. The van der Waals surface area contributed by atoms with Crippen LogP contribution in [0.4, 0.5) is 5.69 Å². The number of nitrogens with zero attached hydrogens (tertiary/aromatic N) is 1. The topological polar surface area (TPSA) is 46.0 Å². The zero-order valence-corrected chi connectivity index (χ0v) is 18.8. The molecule has 1 saturated heterocycles. The fraction of sp³-hybridized carbons (Fsp3) is 0.480. The number of anilines is 1. The summed E-state index contributed by atoms with van der Waals surface area (Å²) in [7, 11) is 1.69. The van der Waals surface area contributed by atoms with Crippen LogP contribution in [-0.4, -0.2) is 45.7 Å². The largest absolute Gasteiger partial charge is 0.497 e. The average Bonchev–Trinajstić information content (AvgIpc) is 2.78. The molecule has 162 valence electrons. The predicted molar refractivity (Wildman–Crippen MR) is 122 cm³/mol. The van der Waals surface area contributed by atoms with E-state index in [0.717, 1.165) is 38.3 Å². The molecule has 0 bridgehead atoms. The fourth-order valence-corrected chi connectivity index (χ4v) is 4.10. The number of carbonyl (C=O) groups is 1. The molecule has 5 nitrogen and oxygen atoms in total. The standard InChI is InChI=1S/C25H35N3O2/c1-5-20-6-8-21(9-7-20)25(19(2)3)26-24(29)18-27-14-16-28(17-15-27)22-10-12-23(30-4)13-11-22/h6-13,19,25H,5,14-18H2,1-4H3,(H,26,29)/p+1/t25-/m0/s1. The molecule has 0 saturated carbocycles. The quantitative estimate of drug-likeness (QED) is 0.703. The number of hydrogen-bond donors (Lipinski definition) is 2. The van der Waals surface area contributed by atoms with Gasteiger partial charge in [-0.05, 0) is 47.7 Å². The number of piperazine rings is 1. The van der Waals surface area contributed by atoms with Crippen molar-refractivity contribution >= 4 is 11.6 Å². The highest BCUT2D eigenvalue weighted by Gasteiger charge is 2.25. The fourth-order valence-electron chi connectivity index (χ4n) is 4.10. The summed E-state index contributed by atoms with van der Waals surface area (Å²) in [5, 5.41) is 3.29. The van der Waals surface area contributed by atoms with Crippen LogP contribution in [0.15, 0.2) is 48.5 Å². The van der Waals surface area contributed by atoms with E-state index in [1.165, 1.54) is 21.7 Å². The van der Waals surface area contributed by atoms with Crippen molar-refractivity contribution < 1.29 is 14.4 Å². The van der Waals surface area contributed by atoms with Crippen molar-refractivity contribution in [1.29, 1.82) is 0 Å². The lowest BCUT2D eigenvalue weighted by Crippen LogP contribution is -3.16. The van der Waals surface area contributed by atoms with E-state index in [-0.39, 0.29) is 11.9 Å². The van der Waals surface area contributed by atoms with Crippen LogP contribution in [0.5, 0.6) is 5.75 Å². The molecule has 1 atom stereocenters. The maximum absolute atomic E-state index is 12.8. The van der Waals surface area contributed by atoms with Crippen molar-refractivity contribution in [2.75, 3.05) is 44.7 Å². The van der Waals surface area contributed by atoms with Gasteiger partial charge in [0.15, 0.2) is 6.54 Å². The van der Waals surface area contributed by atoms with E-state index in [4.69, 9.17) is 4.74 Å². The molecule has 0 aliphatic carbocycles. The highest BCUT2D eigenvalue weighted by Crippen LogP contribution is 2.22. The molecule has 2 aromatic carbocycles. The summed E-state index contributed by atoms with van der Waals surface area (Å²) in [5.74, 6) is 1.37. The van der Waals surface area contributed by atoms with Gasteiger partial charge in [-0.15, -0.1) is 0 Å². The summed E-state index contributed by atoms with van der Waals surface area (Å²) >= 11 is 0. The number of amides is 1. The van der Waals surface area contributed by atoms with Crippen molar-refractivity contribution in [3.05, 3.63) is 59.7 Å². The van der Waals surface area contributed by atoms with Crippen molar-refractivity contribution in [3.8, 4) is 5.75 Å². The van der Waals surface area contributed by atoms with Gasteiger partial charge < -0.3 is 19.9 Å². The van der Waals surface area contributed by atoms with E-state index in [0.29, 0.717) is 12.5 Å². The Morgan fingerprint density at radius 2 is 1.70 bits per heavy atom. The van der Waals surface area contributed by atoms with Crippen LogP contribution in [0.25, 0.3) is 0 Å². The lowest BCUT2D eigenvalue weighted by Gasteiger charge is -2.33. The molecule has 1 aliphatic rings. The monoisotopic (exact) mass is 410 g/mol. The van der Waals surface area contributed by atoms with Gasteiger partial charge in [-0.2, -0.15) is 0 Å². The molecule has 5 heteroatoms. The third kappa shape index (κ3) is 5.76. The molecule has 2 aromatic rings. The first-order valence-corrected chi connectivity index (χ1v) is 11.1. The highest BCUT2D eigenvalue weighted by molar-refractivity contribution is 5.77. The predicted octanol–water partition coefficient (Wildman–Crippen LogP) is 2.48. The SMILES string of the molecule is CCc1ccc([C@@H](NC(=O)C[NH+]2CCN(c3ccc(OC)cc3)CC2)C(C)C)cc1. The van der Waals surface area contributed by atoms with Crippen LogP contribution < -0.4 is 19.9 Å². The van der Waals surface area contributed by atoms with E-state index in [2.05, 4.69) is 67.4 Å². The van der Waals surface area contributed by atoms with Crippen molar-refractivity contribution in [3.63, 3.8) is 0 Å². The summed E-state index contributed by atoms with van der Waals surface area (Å²) in [6.45, 7) is 10.9. The first-order valence-electron chi connectivity index (χ1n) is 11.1. The summed E-state index contributed by atoms with van der Waals surface area (Å²) in [4.78, 5) is 16.5. The van der Waals surface area contributed by atoms with Gasteiger partial charge in [0.05, 0.1) is 39.3 Å². The molecule has 1 fully saturated rings. The van der Waals surface area contributed by atoms with Crippen molar-refractivity contribution in [2.24, 2.45) is 5.92 Å². The normalized spacial score (nSPS) is 15.8. The second kappa shape index (κ2) is 10.5. The minimum atomic E-state index is 0.0587. The minimum Gasteiger partial charge on any atom is -0.497 e. The van der Waals surface area contributed by atoms with E-state index < -0.39 is 0 Å². The number of rotatable bonds is 8. The molecule has 0 radical (unpaired) electrons. The molecule has 0 unspecified atom stereocenters. The summed E-state index contributed by atoms with van der Waals surface area (Å²) in [6, 6.07) is 16.9. The number of ether oxygens (including phenoxy) is 1. The Morgan fingerprint density at radius 3 is 2.23 bits per heavy atom. The van der Waals surface area contributed by atoms with E-state index in [9.17, 15) is 4.79 Å². The Balaban J connectivity index is 1.51. The minimum absolute atomic E-state index is 0.0587. The van der Waals surface area contributed by atoms with Crippen LogP contribution in [0.3, 0.4) is 0 Å². The Labute approximate surface area is 181 Å². The summed E-state index contributed by atoms with van der Waals surface area (Å²) in [5.41, 5.74) is 3.73. The third-order valence-corrected chi connectivity index (χ3v) is 6.05. The molecular weight excluding hydrogens is 374 g/mol. The molecule has 1 heterocycles. The van der Waals surface area contributed by atoms with E-state index in [1.54, 1.807) is 7.11 Å². The van der Waals surface area contributed by atoms with Gasteiger partial charge in [-0.1, -0.05) is 45.0 Å². The number of carbonyl (C=O) groups excluding carboxylic acids is 1. The average molecular weight is 411 g/mol. The molecule has 0 spiro atoms. The van der Waals surface area contributed by atoms with Crippen molar-refractivity contribution in [1.82, 2.24) is 5.32 Å². The Kier molecular flexibility index (Phi) is 7.75. The van der Waals surface area contributed by atoms with Crippen LogP contribution in [0.1, 0.15) is 37.9 Å². The molecule has 0 aromatic heterocycles. The number of aryl methyl sites for hydroxylation is 1. The van der Waals surface area contributed by atoms with Crippen LogP contribution in [0.2, 0.25) is 0 Å². The van der Waals surface area contributed by atoms with Crippen LogP contribution >= 0.6 is 0 Å². The molecule has 30 heavy (non-hydrogen) atoms. The number of methoxy groups -OCH3 is 1. The maximum atomic E-state index is 12.8. The van der Waals surface area contributed by atoms with Gasteiger partial charge >= 0.3 is 0 Å². The molecule has 2 N–H and O–H groups in total. The Bertz CT molecular complexity index is 794. The smallest absolute Gasteiger partial charge is 0.275 e. The van der Waals surface area contributed by atoms with Crippen LogP contribution in [-0.2, 0) is 11.2 Å². The van der Waals surface area contributed by atoms with Crippen LogP contribution in [0, 0.1) is 5.92 Å². The van der Waals surface area contributed by atoms with E-state index in [1.807, 2.05) is 12.1 Å². The Morgan fingerprint density at radius 1 is 1.07 bits per heavy atom. The van der Waals surface area contributed by atoms with Gasteiger partial charge in [-0.25, -0.2) is 0 Å². The lowest BCUT2D eigenvalue weighted by atomic mass is 9.95. The number of quaternary nitrogens is 1. The van der Waals surface area contributed by atoms with Gasteiger partial charge in [0.25, 0.3) is 5.91 Å². The summed E-state index contributed by atoms with van der Waals surface area (Å²) in [6.07, 6.45) is 1.03. The second-order valence-electron chi connectivity index (χ2n) is 8.50. The van der Waals surface area contributed by atoms with Crippen molar-refractivity contribution in [2.45, 2.75) is 33.2 Å². The first-order chi connectivity index (χ1) is 14.5. The first kappa shape index (κ1) is 22.2. The van der Waals surface area contributed by atoms with E-state index >= 15 is 0 Å². The molecule has 1 amide bonds. The second-order valence-corrected chi connectivity index (χ2v) is 8.50. The molecule has 1 aliphatic heterocycles. The van der Waals surface area contributed by atoms with Gasteiger partial charge in [0, 0.05) is 5.69 Å². The van der Waals surface area contributed by atoms with Gasteiger partial charge in [0.2, 0.25) is 0 Å². The zero-order chi connectivity index (χ0) is 21.5. The van der Waals surface area contributed by atoms with Gasteiger partial charge in [-0.3, -0.25) is 4.79 Å². The highest BCUT2D eigenvalue weighted by atomic mass is 16.5. The molecular formula is C25H36N3O2+. The lowest BCUT2D eigenvalue weighted by molar-refractivity contribution is -0.892. The number of benzene rings is 2. The zero-order valence-electron chi connectivity index (χ0n) is 18.8. The Hall–Kier alpha value is -2.53. The summed E-state index contributed by atoms with van der Waals surface area (Å²) < 4.78 is 5.24. The van der Waals surface area contributed by atoms with Gasteiger partial charge in [0.1, 0.15) is 5.75 Å².